The van der Waals surface area contributed by atoms with Crippen molar-refractivity contribution in [2.75, 3.05) is 7.05 Å². The third-order valence-electron chi connectivity index (χ3n) is 7.14. The van der Waals surface area contributed by atoms with Crippen molar-refractivity contribution in [3.05, 3.63) is 46.2 Å². The number of carbonyl (C=O) groups is 1. The average Bonchev–Trinajstić information content (AvgIpc) is 3.14. The molecule has 0 radical (unpaired) electrons. The van der Waals surface area contributed by atoms with Crippen LogP contribution in [0.4, 0.5) is 0 Å². The van der Waals surface area contributed by atoms with Crippen LogP contribution in [0.3, 0.4) is 0 Å². The van der Waals surface area contributed by atoms with Gasteiger partial charge >= 0.3 is 0 Å². The molecule has 0 saturated heterocycles. The second kappa shape index (κ2) is 7.21. The molecule has 0 spiro atoms. The molecule has 0 atom stereocenters. The number of aromatic nitrogens is 2. The first-order chi connectivity index (χ1) is 13.9. The number of nitrogens with zero attached hydrogens (tertiary/aromatic N) is 3. The van der Waals surface area contributed by atoms with E-state index in [1.165, 1.54) is 19.3 Å². The van der Waals surface area contributed by atoms with E-state index in [2.05, 4.69) is 5.10 Å². The number of rotatable bonds is 5. The summed E-state index contributed by atoms with van der Waals surface area (Å²) in [6.07, 6.45) is 9.28. The molecule has 6 rings (SSSR count). The minimum absolute atomic E-state index is 0.00137. The van der Waals surface area contributed by atoms with Crippen molar-refractivity contribution in [1.82, 2.24) is 14.7 Å². The van der Waals surface area contributed by atoms with Gasteiger partial charge < -0.3 is 9.64 Å². The monoisotopic (exact) mass is 433 g/mol. The molecule has 7 heteroatoms. The van der Waals surface area contributed by atoms with Crippen LogP contribution in [0.15, 0.2) is 30.5 Å². The van der Waals surface area contributed by atoms with Crippen molar-refractivity contribution >= 4 is 29.1 Å². The Kier molecular flexibility index (Phi) is 4.78. The normalized spacial score (nSPS) is 29.8. The van der Waals surface area contributed by atoms with Crippen LogP contribution in [0.5, 0.6) is 5.75 Å². The summed E-state index contributed by atoms with van der Waals surface area (Å²) in [5.41, 5.74) is 0.481. The number of ether oxygens (including phenoxy) is 1. The van der Waals surface area contributed by atoms with Gasteiger partial charge in [-0.3, -0.25) is 4.79 Å². The molecule has 4 aliphatic carbocycles. The van der Waals surface area contributed by atoms with Gasteiger partial charge in [0.15, 0.2) is 18.2 Å². The Labute approximate surface area is 180 Å². The van der Waals surface area contributed by atoms with E-state index in [9.17, 15) is 4.79 Å². The fraction of sp³-hybridized carbons (Fsp3) is 0.545. The minimum atomic E-state index is 0.00137. The first-order valence-corrected chi connectivity index (χ1v) is 11.1. The Bertz CT molecular complexity index is 886. The molecule has 1 aromatic heterocycles. The first-order valence-electron chi connectivity index (χ1n) is 10.3. The molecule has 1 aromatic carbocycles. The minimum Gasteiger partial charge on any atom is -0.468 e. The van der Waals surface area contributed by atoms with E-state index < -0.39 is 0 Å². The van der Waals surface area contributed by atoms with Gasteiger partial charge in [-0.2, -0.15) is 5.10 Å². The van der Waals surface area contributed by atoms with Crippen LogP contribution in [0.2, 0.25) is 10.0 Å². The van der Waals surface area contributed by atoms with Gasteiger partial charge in [-0.1, -0.05) is 29.3 Å². The number of benzene rings is 1. The highest BCUT2D eigenvalue weighted by Crippen LogP contribution is 2.57. The summed E-state index contributed by atoms with van der Waals surface area (Å²) in [7, 11) is 1.97. The number of amides is 1. The van der Waals surface area contributed by atoms with Gasteiger partial charge in [0.1, 0.15) is 0 Å². The largest absolute Gasteiger partial charge is 0.468 e. The summed E-state index contributed by atoms with van der Waals surface area (Å²) < 4.78 is 7.32. The molecule has 4 aliphatic rings. The molecule has 0 aliphatic heterocycles. The lowest BCUT2D eigenvalue weighted by molar-refractivity contribution is -0.0667. The van der Waals surface area contributed by atoms with Crippen molar-refractivity contribution in [2.24, 2.45) is 17.8 Å². The van der Waals surface area contributed by atoms with Crippen LogP contribution in [-0.2, 0) is 6.73 Å². The molecular weight excluding hydrogens is 409 g/mol. The number of halogens is 2. The Hall–Kier alpha value is -1.72. The zero-order chi connectivity index (χ0) is 20.2. The van der Waals surface area contributed by atoms with Crippen LogP contribution in [0.1, 0.15) is 49.0 Å². The zero-order valence-corrected chi connectivity index (χ0v) is 18.0. The van der Waals surface area contributed by atoms with E-state index >= 15 is 0 Å². The fourth-order valence-corrected chi connectivity index (χ4v) is 6.67. The summed E-state index contributed by atoms with van der Waals surface area (Å²) >= 11 is 12.3. The average molecular weight is 434 g/mol. The van der Waals surface area contributed by atoms with Crippen LogP contribution in [0, 0.1) is 17.8 Å². The number of hydrogen-bond acceptors (Lipinski definition) is 3. The highest BCUT2D eigenvalue weighted by molar-refractivity contribution is 6.37. The third kappa shape index (κ3) is 3.42. The Morgan fingerprint density at radius 2 is 1.72 bits per heavy atom. The summed E-state index contributed by atoms with van der Waals surface area (Å²) in [6.45, 7) is 0.137. The first kappa shape index (κ1) is 19.3. The van der Waals surface area contributed by atoms with E-state index in [0.29, 0.717) is 21.5 Å². The molecule has 154 valence electrons. The maximum Gasteiger partial charge on any atom is 0.274 e. The van der Waals surface area contributed by atoms with Gasteiger partial charge in [0.25, 0.3) is 5.91 Å². The fourth-order valence-electron chi connectivity index (χ4n) is 6.16. The Morgan fingerprint density at radius 3 is 2.31 bits per heavy atom. The van der Waals surface area contributed by atoms with Crippen LogP contribution in [-0.4, -0.2) is 33.2 Å². The molecule has 2 aromatic rings. The van der Waals surface area contributed by atoms with Gasteiger partial charge in [0, 0.05) is 18.8 Å². The van der Waals surface area contributed by atoms with Crippen LogP contribution < -0.4 is 4.74 Å². The molecule has 5 nitrogen and oxygen atoms in total. The SMILES string of the molecule is CN(C(=O)c1ccn(COc2c(Cl)cccc2Cl)n1)C12CC3CC(CC(C3)C1)C2. The molecule has 4 saturated carbocycles. The molecule has 4 bridgehead atoms. The van der Waals surface area contributed by atoms with Crippen molar-refractivity contribution in [1.29, 1.82) is 0 Å². The Morgan fingerprint density at radius 1 is 1.14 bits per heavy atom. The molecule has 4 fully saturated rings. The zero-order valence-electron chi connectivity index (χ0n) is 16.5. The predicted octanol–water partition coefficient (Wildman–Crippen LogP) is 5.27. The third-order valence-corrected chi connectivity index (χ3v) is 7.74. The second-order valence-corrected chi connectivity index (χ2v) is 9.89. The van der Waals surface area contributed by atoms with Gasteiger partial charge in [-0.05, 0) is 74.5 Å². The lowest BCUT2D eigenvalue weighted by Gasteiger charge is -2.59. The summed E-state index contributed by atoms with van der Waals surface area (Å²) in [6, 6.07) is 6.97. The van der Waals surface area contributed by atoms with E-state index in [1.54, 1.807) is 35.1 Å². The molecule has 1 heterocycles. The molecule has 29 heavy (non-hydrogen) atoms. The van der Waals surface area contributed by atoms with E-state index in [1.807, 2.05) is 11.9 Å². The molecule has 0 unspecified atom stereocenters. The number of para-hydroxylation sites is 1. The van der Waals surface area contributed by atoms with E-state index in [-0.39, 0.29) is 18.2 Å². The molecule has 0 N–H and O–H groups in total. The van der Waals surface area contributed by atoms with Crippen LogP contribution >= 0.6 is 23.2 Å². The van der Waals surface area contributed by atoms with E-state index in [0.717, 1.165) is 37.0 Å². The quantitative estimate of drug-likeness (QED) is 0.645. The van der Waals surface area contributed by atoms with E-state index in [4.69, 9.17) is 27.9 Å². The number of carbonyl (C=O) groups excluding carboxylic acids is 1. The Balaban J connectivity index is 1.28. The maximum atomic E-state index is 13.2. The summed E-state index contributed by atoms with van der Waals surface area (Å²) in [5, 5.41) is 5.34. The van der Waals surface area contributed by atoms with Crippen molar-refractivity contribution in [3.63, 3.8) is 0 Å². The molecule has 1 amide bonds. The highest BCUT2D eigenvalue weighted by atomic mass is 35.5. The lowest BCUT2D eigenvalue weighted by atomic mass is 9.52. The summed E-state index contributed by atoms with van der Waals surface area (Å²) in [5.74, 6) is 2.81. The predicted molar refractivity (Wildman–Crippen MR) is 112 cm³/mol. The summed E-state index contributed by atoms with van der Waals surface area (Å²) in [4.78, 5) is 15.2. The number of hydrogen-bond donors (Lipinski definition) is 0. The standard InChI is InChI=1S/C22H25Cl2N3O2/c1-26(22-10-14-7-15(11-22)9-16(8-14)12-22)21(28)19-5-6-27(25-19)13-29-20-17(23)3-2-4-18(20)24/h2-6,14-16H,7-13H2,1H3. The smallest absolute Gasteiger partial charge is 0.274 e. The van der Waals surface area contributed by atoms with Crippen molar-refractivity contribution in [3.8, 4) is 5.75 Å². The maximum absolute atomic E-state index is 13.2. The van der Waals surface area contributed by atoms with Gasteiger partial charge in [0.05, 0.1) is 10.0 Å². The molecular formula is C22H25Cl2N3O2. The van der Waals surface area contributed by atoms with Crippen molar-refractivity contribution in [2.45, 2.75) is 50.8 Å². The van der Waals surface area contributed by atoms with Gasteiger partial charge in [0.2, 0.25) is 0 Å². The van der Waals surface area contributed by atoms with Gasteiger partial charge in [-0.15, -0.1) is 0 Å². The van der Waals surface area contributed by atoms with Gasteiger partial charge in [-0.25, -0.2) is 4.68 Å². The highest BCUT2D eigenvalue weighted by Gasteiger charge is 2.54. The van der Waals surface area contributed by atoms with Crippen molar-refractivity contribution < 1.29 is 9.53 Å². The lowest BCUT2D eigenvalue weighted by Crippen LogP contribution is -2.60. The topological polar surface area (TPSA) is 47.4 Å². The van der Waals surface area contributed by atoms with Crippen LogP contribution in [0.25, 0.3) is 0 Å². The second-order valence-electron chi connectivity index (χ2n) is 9.07.